The van der Waals surface area contributed by atoms with E-state index in [4.69, 9.17) is 9.47 Å². The van der Waals surface area contributed by atoms with E-state index in [1.807, 2.05) is 6.92 Å². The van der Waals surface area contributed by atoms with Crippen molar-refractivity contribution in [3.05, 3.63) is 0 Å². The van der Waals surface area contributed by atoms with Gasteiger partial charge in [-0.15, -0.1) is 0 Å². The Morgan fingerprint density at radius 3 is 2.72 bits per heavy atom. The first-order valence-corrected chi connectivity index (χ1v) is 7.24. The Morgan fingerprint density at radius 2 is 2.06 bits per heavy atom. The van der Waals surface area contributed by atoms with E-state index in [-0.39, 0.29) is 42.4 Å². The number of unbranched alkanes of at least 4 members (excludes halogenated alkanes) is 1. The van der Waals surface area contributed by atoms with E-state index in [0.29, 0.717) is 0 Å². The molecule has 2 aliphatic heterocycles. The fourth-order valence-corrected chi connectivity index (χ4v) is 3.93. The van der Waals surface area contributed by atoms with Gasteiger partial charge in [-0.2, -0.15) is 0 Å². The molecule has 1 aliphatic carbocycles. The third-order valence-corrected chi connectivity index (χ3v) is 5.15. The second-order valence-electron chi connectivity index (χ2n) is 6.29. The van der Waals surface area contributed by atoms with Crippen LogP contribution in [0.25, 0.3) is 0 Å². The van der Waals surface area contributed by atoms with Crippen molar-refractivity contribution >= 4 is 0 Å². The second kappa shape index (κ2) is 4.44. The highest BCUT2D eigenvalue weighted by molar-refractivity contribution is 5.17. The summed E-state index contributed by atoms with van der Waals surface area (Å²) >= 11 is 0. The van der Waals surface area contributed by atoms with Crippen LogP contribution >= 0.6 is 0 Å². The topological polar surface area (TPSA) is 62.2 Å². The van der Waals surface area contributed by atoms with Crippen LogP contribution in [-0.4, -0.2) is 47.3 Å². The number of fused-ring (bicyclic) bond motifs is 3. The molecule has 4 heteroatoms. The Morgan fingerprint density at radius 1 is 1.28 bits per heavy atom. The van der Waals surface area contributed by atoms with Crippen molar-refractivity contribution in [2.24, 2.45) is 11.3 Å². The smallest absolute Gasteiger partial charge is 0.0950 e. The largest absolute Gasteiger partial charge is 0.396 e. The average molecular weight is 256 g/mol. The Balaban J connectivity index is 1.79. The average Bonchev–Trinajstić information content (AvgIpc) is 3.10. The van der Waals surface area contributed by atoms with Gasteiger partial charge in [0.1, 0.15) is 0 Å². The molecule has 1 saturated carbocycles. The summed E-state index contributed by atoms with van der Waals surface area (Å²) in [4.78, 5) is 0. The summed E-state index contributed by atoms with van der Waals surface area (Å²) in [5, 5.41) is 20.2. The van der Waals surface area contributed by atoms with Crippen LogP contribution in [0, 0.1) is 11.3 Å². The number of hydrogen-bond donors (Lipinski definition) is 2. The highest BCUT2D eigenvalue weighted by atomic mass is 16.6. The first-order chi connectivity index (χ1) is 8.64. The van der Waals surface area contributed by atoms with E-state index < -0.39 is 6.10 Å². The van der Waals surface area contributed by atoms with Crippen molar-refractivity contribution in [1.82, 2.24) is 0 Å². The third-order valence-electron chi connectivity index (χ3n) is 5.15. The van der Waals surface area contributed by atoms with Crippen molar-refractivity contribution in [3.63, 3.8) is 0 Å². The van der Waals surface area contributed by atoms with Gasteiger partial charge in [0, 0.05) is 5.92 Å². The molecule has 0 aromatic rings. The summed E-state index contributed by atoms with van der Waals surface area (Å²) in [6.45, 7) is 4.24. The SMILES string of the molecule is CCCC[C@H]1C[C@@]2(CO)[C@@H](O1)[C@H](O)[C@H](C)[C@@H]1O[C@@H]12. The van der Waals surface area contributed by atoms with E-state index in [9.17, 15) is 10.2 Å². The van der Waals surface area contributed by atoms with Crippen LogP contribution in [0.5, 0.6) is 0 Å². The van der Waals surface area contributed by atoms with E-state index >= 15 is 0 Å². The summed E-state index contributed by atoms with van der Waals surface area (Å²) in [5.74, 6) is 0.115. The van der Waals surface area contributed by atoms with Crippen molar-refractivity contribution < 1.29 is 19.7 Å². The zero-order valence-electron chi connectivity index (χ0n) is 11.2. The van der Waals surface area contributed by atoms with Crippen LogP contribution in [0.3, 0.4) is 0 Å². The van der Waals surface area contributed by atoms with Gasteiger partial charge in [-0.25, -0.2) is 0 Å². The molecule has 18 heavy (non-hydrogen) atoms. The normalized spacial score (nSPS) is 54.0. The lowest BCUT2D eigenvalue weighted by Gasteiger charge is -2.39. The molecule has 2 heterocycles. The van der Waals surface area contributed by atoms with Crippen LogP contribution < -0.4 is 0 Å². The maximum Gasteiger partial charge on any atom is 0.0950 e. The lowest BCUT2D eigenvalue weighted by molar-refractivity contribution is -0.114. The Hall–Kier alpha value is -0.160. The minimum atomic E-state index is -0.507. The van der Waals surface area contributed by atoms with Gasteiger partial charge in [0.25, 0.3) is 0 Å². The van der Waals surface area contributed by atoms with Gasteiger partial charge in [-0.05, 0) is 12.8 Å². The molecule has 3 fully saturated rings. The quantitative estimate of drug-likeness (QED) is 0.739. The first-order valence-electron chi connectivity index (χ1n) is 7.24. The molecule has 4 nitrogen and oxygen atoms in total. The standard InChI is InChI=1S/C14H24O4/c1-3-4-5-9-6-14(7-15)12(17-9)10(16)8(2)11-13(14)18-11/h8-13,15-16H,3-7H2,1-2H3/t8-,9-,10+,11-,12-,13-,14+/m0/s1. The molecule has 0 aromatic heterocycles. The molecule has 3 rings (SSSR count). The Labute approximate surface area is 108 Å². The van der Waals surface area contributed by atoms with E-state index in [0.717, 1.165) is 25.7 Å². The molecule has 7 atom stereocenters. The summed E-state index contributed by atoms with van der Waals surface area (Å²) in [6.07, 6.45) is 3.78. The van der Waals surface area contributed by atoms with Crippen LogP contribution in [0.15, 0.2) is 0 Å². The lowest BCUT2D eigenvalue weighted by Crippen LogP contribution is -2.54. The molecule has 0 radical (unpaired) electrons. The molecule has 0 unspecified atom stereocenters. The molecular formula is C14H24O4. The van der Waals surface area contributed by atoms with E-state index in [2.05, 4.69) is 6.92 Å². The fraction of sp³-hybridized carbons (Fsp3) is 1.00. The Bertz CT molecular complexity index is 321. The molecule has 104 valence electrons. The zero-order valence-corrected chi connectivity index (χ0v) is 11.2. The fourth-order valence-electron chi connectivity index (χ4n) is 3.93. The van der Waals surface area contributed by atoms with Gasteiger partial charge in [-0.1, -0.05) is 26.7 Å². The molecule has 0 amide bonds. The summed E-state index contributed by atoms with van der Waals surface area (Å²) in [7, 11) is 0. The van der Waals surface area contributed by atoms with E-state index in [1.54, 1.807) is 0 Å². The molecule has 0 bridgehead atoms. The first kappa shape index (κ1) is 12.9. The monoisotopic (exact) mass is 256 g/mol. The van der Waals surface area contributed by atoms with Gasteiger partial charge in [0.2, 0.25) is 0 Å². The van der Waals surface area contributed by atoms with Crippen molar-refractivity contribution in [1.29, 1.82) is 0 Å². The third kappa shape index (κ3) is 1.66. The number of aliphatic hydroxyl groups excluding tert-OH is 2. The highest BCUT2D eigenvalue weighted by Gasteiger charge is 2.70. The number of epoxide rings is 1. The van der Waals surface area contributed by atoms with Crippen LogP contribution in [0.4, 0.5) is 0 Å². The summed E-state index contributed by atoms with van der Waals surface area (Å²) in [6, 6.07) is 0. The van der Waals surface area contributed by atoms with Gasteiger partial charge in [0.05, 0.1) is 42.5 Å². The number of hydrogen-bond acceptors (Lipinski definition) is 4. The molecule has 3 aliphatic rings. The van der Waals surface area contributed by atoms with Crippen molar-refractivity contribution in [3.8, 4) is 0 Å². The van der Waals surface area contributed by atoms with Gasteiger partial charge in [-0.3, -0.25) is 0 Å². The van der Waals surface area contributed by atoms with Crippen LogP contribution in [0.2, 0.25) is 0 Å². The molecule has 0 spiro atoms. The minimum Gasteiger partial charge on any atom is -0.396 e. The molecule has 2 N–H and O–H groups in total. The van der Waals surface area contributed by atoms with Gasteiger partial charge < -0.3 is 19.7 Å². The summed E-state index contributed by atoms with van der Waals surface area (Å²) < 4.78 is 11.8. The predicted octanol–water partition coefficient (Wildman–Crippen LogP) is 1.09. The van der Waals surface area contributed by atoms with Gasteiger partial charge >= 0.3 is 0 Å². The predicted molar refractivity (Wildman–Crippen MR) is 66.2 cm³/mol. The summed E-state index contributed by atoms with van der Waals surface area (Å²) in [5.41, 5.74) is -0.352. The minimum absolute atomic E-state index is 0.0608. The molecular weight excluding hydrogens is 232 g/mol. The Kier molecular flexibility index (Phi) is 3.17. The second-order valence-corrected chi connectivity index (χ2v) is 6.29. The number of aliphatic hydroxyl groups is 2. The number of rotatable bonds is 4. The van der Waals surface area contributed by atoms with Crippen LogP contribution in [0.1, 0.15) is 39.5 Å². The zero-order chi connectivity index (χ0) is 12.9. The number of ether oxygens (including phenoxy) is 2. The highest BCUT2D eigenvalue weighted by Crippen LogP contribution is 2.58. The molecule has 0 aromatic carbocycles. The van der Waals surface area contributed by atoms with Crippen molar-refractivity contribution in [2.45, 2.75) is 70.1 Å². The van der Waals surface area contributed by atoms with E-state index in [1.165, 1.54) is 0 Å². The van der Waals surface area contributed by atoms with Crippen LogP contribution in [-0.2, 0) is 9.47 Å². The maximum atomic E-state index is 10.4. The van der Waals surface area contributed by atoms with Crippen molar-refractivity contribution in [2.75, 3.05) is 6.61 Å². The lowest BCUT2D eigenvalue weighted by atomic mass is 9.66. The van der Waals surface area contributed by atoms with Gasteiger partial charge in [0.15, 0.2) is 0 Å². The molecule has 2 saturated heterocycles. The maximum absolute atomic E-state index is 10.4.